The molecule has 0 aliphatic rings. The Bertz CT molecular complexity index is 392. The Morgan fingerprint density at radius 1 is 1.47 bits per heavy atom. The SMILES string of the molecule is Cc1cccnc1N(C(C)C)C(C)NC(=N)Cl. The van der Waals surface area contributed by atoms with E-state index in [1.807, 2.05) is 26.0 Å². The number of aryl methyl sites for hydroxylation is 1. The van der Waals surface area contributed by atoms with Crippen molar-refractivity contribution < 1.29 is 0 Å². The van der Waals surface area contributed by atoms with Gasteiger partial charge in [-0.2, -0.15) is 0 Å². The summed E-state index contributed by atoms with van der Waals surface area (Å²) in [5.74, 6) is 0.917. The van der Waals surface area contributed by atoms with E-state index in [4.69, 9.17) is 17.0 Å². The van der Waals surface area contributed by atoms with E-state index in [1.165, 1.54) is 0 Å². The number of rotatable bonds is 4. The molecule has 1 unspecified atom stereocenters. The van der Waals surface area contributed by atoms with E-state index in [0.717, 1.165) is 11.4 Å². The molecule has 2 N–H and O–H groups in total. The molecule has 4 nitrogen and oxygen atoms in total. The van der Waals surface area contributed by atoms with Crippen LogP contribution < -0.4 is 10.2 Å². The molecular formula is C12H19ClN4. The minimum atomic E-state index is -0.0754. The quantitative estimate of drug-likeness (QED) is 0.376. The maximum Gasteiger partial charge on any atom is 0.189 e. The standard InChI is InChI=1S/C12H19ClN4/c1-8(2)17(10(4)16-12(13)14)11-9(3)6-5-7-15-11/h5-8,10H,1-4H3,(H2,14,16). The molecule has 0 bridgehead atoms. The zero-order valence-corrected chi connectivity index (χ0v) is 11.4. The molecule has 5 heteroatoms. The molecule has 1 atom stereocenters. The van der Waals surface area contributed by atoms with E-state index < -0.39 is 0 Å². The van der Waals surface area contributed by atoms with Gasteiger partial charge in [-0.25, -0.2) is 4.98 Å². The molecule has 1 heterocycles. The van der Waals surface area contributed by atoms with Gasteiger partial charge in [0.05, 0.1) is 6.17 Å². The first kappa shape index (κ1) is 13.8. The molecule has 1 rings (SSSR count). The zero-order chi connectivity index (χ0) is 13.0. The number of halogens is 1. The van der Waals surface area contributed by atoms with Crippen molar-refractivity contribution in [1.82, 2.24) is 10.3 Å². The van der Waals surface area contributed by atoms with Gasteiger partial charge in [0.25, 0.3) is 0 Å². The number of hydrogen-bond donors (Lipinski definition) is 2. The first-order valence-electron chi connectivity index (χ1n) is 5.64. The predicted molar refractivity (Wildman–Crippen MR) is 72.8 cm³/mol. The summed E-state index contributed by atoms with van der Waals surface area (Å²) in [5, 5.41) is 10.1. The van der Waals surface area contributed by atoms with Crippen LogP contribution in [0.2, 0.25) is 0 Å². The van der Waals surface area contributed by atoms with Crippen LogP contribution >= 0.6 is 11.6 Å². The summed E-state index contributed by atoms with van der Waals surface area (Å²) in [6, 6.07) is 4.21. The average molecular weight is 255 g/mol. The number of amidine groups is 1. The number of aromatic nitrogens is 1. The van der Waals surface area contributed by atoms with E-state index in [2.05, 4.69) is 29.0 Å². The van der Waals surface area contributed by atoms with Crippen LogP contribution in [0.1, 0.15) is 26.3 Å². The number of nitrogens with zero attached hydrogens (tertiary/aromatic N) is 2. The Morgan fingerprint density at radius 2 is 2.12 bits per heavy atom. The van der Waals surface area contributed by atoms with Gasteiger partial charge in [-0.1, -0.05) is 6.07 Å². The van der Waals surface area contributed by atoms with Gasteiger partial charge >= 0.3 is 0 Å². The Balaban J connectivity index is 3.01. The third-order valence-electron chi connectivity index (χ3n) is 2.54. The molecule has 1 aromatic heterocycles. The summed E-state index contributed by atoms with van der Waals surface area (Å²) in [5.41, 5.74) is 1.11. The van der Waals surface area contributed by atoms with Crippen molar-refractivity contribution in [1.29, 1.82) is 5.41 Å². The first-order valence-corrected chi connectivity index (χ1v) is 6.01. The van der Waals surface area contributed by atoms with Gasteiger partial charge in [0.1, 0.15) is 5.82 Å². The molecular weight excluding hydrogens is 236 g/mol. The summed E-state index contributed by atoms with van der Waals surface area (Å²) in [6.45, 7) is 8.16. The first-order chi connectivity index (χ1) is 7.93. The normalized spacial score (nSPS) is 12.4. The Labute approximate surface area is 108 Å². The molecule has 0 aromatic carbocycles. The molecule has 0 radical (unpaired) electrons. The van der Waals surface area contributed by atoms with E-state index in [-0.39, 0.29) is 17.5 Å². The van der Waals surface area contributed by atoms with Gasteiger partial charge in [-0.05, 0) is 50.9 Å². The molecule has 0 fully saturated rings. The molecule has 1 aromatic rings. The topological polar surface area (TPSA) is 52.0 Å². The van der Waals surface area contributed by atoms with Crippen LogP contribution in [0.4, 0.5) is 5.82 Å². The highest BCUT2D eigenvalue weighted by molar-refractivity contribution is 6.63. The molecule has 0 aliphatic heterocycles. The third-order valence-corrected chi connectivity index (χ3v) is 2.64. The zero-order valence-electron chi connectivity index (χ0n) is 10.7. The number of anilines is 1. The van der Waals surface area contributed by atoms with Crippen LogP contribution in [0.15, 0.2) is 18.3 Å². The van der Waals surface area contributed by atoms with Crippen molar-refractivity contribution in [2.45, 2.75) is 39.9 Å². The summed E-state index contributed by atoms with van der Waals surface area (Å²) in [6.07, 6.45) is 1.70. The highest BCUT2D eigenvalue weighted by Gasteiger charge is 2.20. The summed E-state index contributed by atoms with van der Waals surface area (Å²) < 4.78 is 0. The molecule has 0 amide bonds. The van der Waals surface area contributed by atoms with Gasteiger partial charge in [-0.3, -0.25) is 5.41 Å². The lowest BCUT2D eigenvalue weighted by atomic mass is 10.2. The Kier molecular flexibility index (Phi) is 4.75. The van der Waals surface area contributed by atoms with Gasteiger partial charge in [0, 0.05) is 12.2 Å². The molecule has 17 heavy (non-hydrogen) atoms. The Hall–Kier alpha value is -1.29. The molecule has 0 aliphatic carbocycles. The van der Waals surface area contributed by atoms with E-state index >= 15 is 0 Å². The summed E-state index contributed by atoms with van der Waals surface area (Å²) in [4.78, 5) is 6.50. The van der Waals surface area contributed by atoms with Crippen molar-refractivity contribution in [2.24, 2.45) is 0 Å². The van der Waals surface area contributed by atoms with Crippen molar-refractivity contribution in [3.05, 3.63) is 23.9 Å². The van der Waals surface area contributed by atoms with Crippen LogP contribution in [0.25, 0.3) is 0 Å². The molecule has 0 saturated carbocycles. The lowest BCUT2D eigenvalue weighted by Gasteiger charge is -2.35. The Morgan fingerprint density at radius 3 is 2.59 bits per heavy atom. The van der Waals surface area contributed by atoms with Crippen LogP contribution in [0, 0.1) is 12.3 Å². The monoisotopic (exact) mass is 254 g/mol. The van der Waals surface area contributed by atoms with Crippen LogP contribution in [0.3, 0.4) is 0 Å². The lowest BCUT2D eigenvalue weighted by molar-refractivity contribution is 0.544. The molecule has 0 saturated heterocycles. The van der Waals surface area contributed by atoms with Gasteiger partial charge in [0.15, 0.2) is 5.29 Å². The fourth-order valence-corrected chi connectivity index (χ4v) is 2.03. The molecule has 94 valence electrons. The smallest absolute Gasteiger partial charge is 0.189 e. The highest BCUT2D eigenvalue weighted by atomic mass is 35.5. The second kappa shape index (κ2) is 5.87. The average Bonchev–Trinajstić information content (AvgIpc) is 2.19. The van der Waals surface area contributed by atoms with Crippen LogP contribution in [-0.4, -0.2) is 22.5 Å². The fourth-order valence-electron chi connectivity index (χ4n) is 1.88. The van der Waals surface area contributed by atoms with Crippen molar-refractivity contribution in [3.8, 4) is 0 Å². The maximum absolute atomic E-state index is 7.28. The lowest BCUT2D eigenvalue weighted by Crippen LogP contribution is -2.49. The minimum Gasteiger partial charge on any atom is -0.341 e. The van der Waals surface area contributed by atoms with E-state index in [0.29, 0.717) is 0 Å². The maximum atomic E-state index is 7.28. The predicted octanol–water partition coefficient (Wildman–Crippen LogP) is 2.71. The van der Waals surface area contributed by atoms with Gasteiger partial charge in [-0.15, -0.1) is 0 Å². The number of hydrogen-bond acceptors (Lipinski definition) is 3. The van der Waals surface area contributed by atoms with Crippen molar-refractivity contribution in [3.63, 3.8) is 0 Å². The van der Waals surface area contributed by atoms with Crippen molar-refractivity contribution >= 4 is 22.7 Å². The second-order valence-corrected chi connectivity index (χ2v) is 4.66. The van der Waals surface area contributed by atoms with Crippen LogP contribution in [0.5, 0.6) is 0 Å². The van der Waals surface area contributed by atoms with Gasteiger partial charge < -0.3 is 10.2 Å². The fraction of sp³-hybridized carbons (Fsp3) is 0.500. The summed E-state index contributed by atoms with van der Waals surface area (Å²) in [7, 11) is 0. The third kappa shape index (κ3) is 3.60. The summed E-state index contributed by atoms with van der Waals surface area (Å²) >= 11 is 5.57. The van der Waals surface area contributed by atoms with Crippen LogP contribution in [-0.2, 0) is 0 Å². The number of nitrogens with one attached hydrogen (secondary N) is 2. The van der Waals surface area contributed by atoms with E-state index in [1.54, 1.807) is 6.20 Å². The minimum absolute atomic E-state index is 0.0586. The molecule has 0 spiro atoms. The number of pyridine rings is 1. The van der Waals surface area contributed by atoms with Gasteiger partial charge in [0.2, 0.25) is 0 Å². The van der Waals surface area contributed by atoms with E-state index in [9.17, 15) is 0 Å². The second-order valence-electron chi connectivity index (χ2n) is 4.28. The van der Waals surface area contributed by atoms with Crippen molar-refractivity contribution in [2.75, 3.05) is 4.90 Å². The largest absolute Gasteiger partial charge is 0.341 e. The highest BCUT2D eigenvalue weighted by Crippen LogP contribution is 2.20.